The molecule has 0 saturated heterocycles. The van der Waals surface area contributed by atoms with E-state index in [1.807, 2.05) is 29.0 Å². The number of sulfonamides is 1. The van der Waals surface area contributed by atoms with Gasteiger partial charge in [-0.2, -0.15) is 0 Å². The number of fused-ring (bicyclic) bond motifs is 1. The van der Waals surface area contributed by atoms with Crippen LogP contribution in [0.3, 0.4) is 0 Å². The van der Waals surface area contributed by atoms with Crippen LogP contribution in [0.2, 0.25) is 5.02 Å². The Morgan fingerprint density at radius 1 is 0.976 bits per heavy atom. The Morgan fingerprint density at radius 3 is 2.45 bits per heavy atom. The van der Waals surface area contributed by atoms with Gasteiger partial charge in [0.05, 0.1) is 10.7 Å². The lowest BCUT2D eigenvalue weighted by Crippen LogP contribution is -2.63. The van der Waals surface area contributed by atoms with Crippen LogP contribution in [0, 0.1) is 5.92 Å². The van der Waals surface area contributed by atoms with Crippen molar-refractivity contribution >= 4 is 57.1 Å². The molecule has 3 N–H and O–H groups in total. The van der Waals surface area contributed by atoms with Crippen LogP contribution < -0.4 is 20.3 Å². The minimum Gasteiger partial charge on any atom is -0.311 e. The summed E-state index contributed by atoms with van der Waals surface area (Å²) in [6, 6.07) is 18.3. The maximum Gasteiger partial charge on any atom is 0.321 e. The third-order valence-corrected chi connectivity index (χ3v) is 9.40. The van der Waals surface area contributed by atoms with Gasteiger partial charge in [-0.3, -0.25) is 14.6 Å². The zero-order valence-corrected chi connectivity index (χ0v) is 24.4. The van der Waals surface area contributed by atoms with Crippen LogP contribution in [0.4, 0.5) is 16.2 Å². The number of benzodiazepines with no additional fused rings is 1. The molecule has 10 nitrogen and oxygen atoms in total. The predicted molar refractivity (Wildman–Crippen MR) is 161 cm³/mol. The summed E-state index contributed by atoms with van der Waals surface area (Å²) in [7, 11) is -2.57. The van der Waals surface area contributed by atoms with E-state index in [-0.39, 0.29) is 33.0 Å². The molecule has 0 radical (unpaired) electrons. The predicted octanol–water partition coefficient (Wildman–Crippen LogP) is 4.95. The van der Waals surface area contributed by atoms with Gasteiger partial charge in [-0.1, -0.05) is 67.3 Å². The van der Waals surface area contributed by atoms with Gasteiger partial charge >= 0.3 is 6.03 Å². The molecule has 1 aliphatic carbocycles. The molecule has 4 amide bonds. The van der Waals surface area contributed by atoms with Gasteiger partial charge < -0.3 is 15.5 Å². The first-order valence-corrected chi connectivity index (χ1v) is 15.4. The Morgan fingerprint density at radius 2 is 1.69 bits per heavy atom. The van der Waals surface area contributed by atoms with Crippen LogP contribution in [0.5, 0.6) is 0 Å². The van der Waals surface area contributed by atoms with E-state index in [0.29, 0.717) is 5.69 Å². The lowest BCUT2D eigenvalue weighted by Gasteiger charge is -2.40. The number of halogens is 1. The highest BCUT2D eigenvalue weighted by molar-refractivity contribution is 7.90. The molecule has 3 aromatic carbocycles. The second-order valence-electron chi connectivity index (χ2n) is 10.3. The molecule has 3 aromatic rings. The van der Waals surface area contributed by atoms with E-state index in [1.165, 1.54) is 41.3 Å². The zero-order chi connectivity index (χ0) is 29.9. The Bertz CT molecular complexity index is 1670. The van der Waals surface area contributed by atoms with Crippen molar-refractivity contribution in [3.63, 3.8) is 0 Å². The highest BCUT2D eigenvalue weighted by atomic mass is 35.5. The largest absolute Gasteiger partial charge is 0.321 e. The number of anilines is 2. The SMILES string of the molecule is CN1C(=O)[C@@](NC(=O)Nc2cccc(C(=O)NS(=O)(=O)c3ccccc3Cl)c2)(C2CCCCC2)N=Cc2ccccc21. The number of benzene rings is 3. The number of carbonyl (C=O) groups excluding carboxylic acids is 3. The molecule has 1 heterocycles. The number of aliphatic imine (C=N–C) groups is 1. The van der Waals surface area contributed by atoms with Crippen LogP contribution in [0.15, 0.2) is 82.7 Å². The second kappa shape index (κ2) is 11.9. The number of likely N-dealkylation sites (N-methyl/N-ethyl adjacent to an activating group) is 1. The Kier molecular flexibility index (Phi) is 8.33. The second-order valence-corrected chi connectivity index (χ2v) is 12.4. The molecule has 5 rings (SSSR count). The van der Waals surface area contributed by atoms with Crippen molar-refractivity contribution in [2.45, 2.75) is 42.7 Å². The maximum atomic E-state index is 14.0. The van der Waals surface area contributed by atoms with Crippen LogP contribution in [-0.4, -0.2) is 45.2 Å². The quantitative estimate of drug-likeness (QED) is 0.364. The maximum absolute atomic E-state index is 14.0. The van der Waals surface area contributed by atoms with Crippen LogP contribution >= 0.6 is 11.6 Å². The number of urea groups is 1. The average Bonchev–Trinajstić information content (AvgIpc) is 3.09. The molecular weight excluding hydrogens is 578 g/mol. The van der Waals surface area contributed by atoms with Gasteiger partial charge in [-0.25, -0.2) is 17.9 Å². The van der Waals surface area contributed by atoms with E-state index >= 15 is 0 Å². The molecule has 0 bridgehead atoms. The van der Waals surface area contributed by atoms with Gasteiger partial charge in [-0.15, -0.1) is 0 Å². The van der Waals surface area contributed by atoms with E-state index in [9.17, 15) is 22.8 Å². The number of hydrogen-bond acceptors (Lipinski definition) is 6. The van der Waals surface area contributed by atoms with Crippen molar-refractivity contribution in [2.24, 2.45) is 10.9 Å². The molecule has 1 fully saturated rings. The van der Waals surface area contributed by atoms with E-state index in [0.717, 1.165) is 37.7 Å². The molecule has 1 saturated carbocycles. The number of carbonyl (C=O) groups is 3. The summed E-state index contributed by atoms with van der Waals surface area (Å²) >= 11 is 6.00. The molecule has 42 heavy (non-hydrogen) atoms. The first kappa shape index (κ1) is 29.3. The number of nitrogens with one attached hydrogen (secondary N) is 3. The lowest BCUT2D eigenvalue weighted by atomic mass is 9.79. The molecular formula is C30H30ClN5O5S. The summed E-state index contributed by atoms with van der Waals surface area (Å²) in [5.41, 5.74) is 0.131. The van der Waals surface area contributed by atoms with Gasteiger partial charge in [-0.05, 0) is 49.2 Å². The fourth-order valence-corrected chi connectivity index (χ4v) is 6.95. The standard InChI is InChI=1S/C30H30ClN5O5S/c1-36-25-16-7-5-10-21(25)19-32-30(28(36)38,22-12-3-2-4-13-22)34-29(39)33-23-14-9-11-20(18-23)27(37)35-42(40,41)26-17-8-6-15-24(26)31/h5-11,14-19,22H,2-4,12-13H2,1H3,(H,35,37)(H2,33,34,39)/t30-/m0/s1. The summed E-state index contributed by atoms with van der Waals surface area (Å²) in [4.78, 5) is 46.3. The van der Waals surface area contributed by atoms with Crippen molar-refractivity contribution in [1.82, 2.24) is 10.0 Å². The normalized spacial score (nSPS) is 19.0. The molecule has 0 unspecified atom stereocenters. The van der Waals surface area contributed by atoms with Crippen LogP contribution in [0.25, 0.3) is 0 Å². The minimum absolute atomic E-state index is 0.0100. The first-order chi connectivity index (χ1) is 20.1. The van der Waals surface area contributed by atoms with Gasteiger partial charge in [0.15, 0.2) is 0 Å². The third-order valence-electron chi connectivity index (χ3n) is 7.57. The highest BCUT2D eigenvalue weighted by Crippen LogP contribution is 2.38. The van der Waals surface area contributed by atoms with Crippen molar-refractivity contribution in [2.75, 3.05) is 17.3 Å². The Balaban J connectivity index is 1.37. The summed E-state index contributed by atoms with van der Waals surface area (Å²) in [5.74, 6) is -1.46. The summed E-state index contributed by atoms with van der Waals surface area (Å²) in [5, 5.41) is 5.53. The topological polar surface area (TPSA) is 137 Å². The van der Waals surface area contributed by atoms with E-state index in [1.54, 1.807) is 25.4 Å². The minimum atomic E-state index is -4.24. The molecule has 1 atom stereocenters. The fourth-order valence-electron chi connectivity index (χ4n) is 5.45. The van der Waals surface area contributed by atoms with Crippen molar-refractivity contribution in [3.8, 4) is 0 Å². The molecule has 0 spiro atoms. The first-order valence-electron chi connectivity index (χ1n) is 13.5. The lowest BCUT2D eigenvalue weighted by molar-refractivity contribution is -0.126. The smallest absolute Gasteiger partial charge is 0.311 e. The number of nitrogens with zero attached hydrogens (tertiary/aromatic N) is 2. The van der Waals surface area contributed by atoms with Crippen LogP contribution in [0.1, 0.15) is 48.0 Å². The fraction of sp³-hybridized carbons (Fsp3) is 0.267. The molecule has 12 heteroatoms. The average molecular weight is 608 g/mol. The van der Waals surface area contributed by atoms with Crippen molar-refractivity contribution < 1.29 is 22.8 Å². The number of amides is 4. The number of hydrogen-bond donors (Lipinski definition) is 3. The highest BCUT2D eigenvalue weighted by Gasteiger charge is 2.49. The molecule has 1 aliphatic heterocycles. The zero-order valence-electron chi connectivity index (χ0n) is 22.8. The monoisotopic (exact) mass is 607 g/mol. The number of para-hydroxylation sites is 1. The van der Waals surface area contributed by atoms with Gasteiger partial charge in [0.25, 0.3) is 21.8 Å². The van der Waals surface area contributed by atoms with Gasteiger partial charge in [0.1, 0.15) is 4.90 Å². The van der Waals surface area contributed by atoms with E-state index in [4.69, 9.17) is 16.6 Å². The van der Waals surface area contributed by atoms with Crippen molar-refractivity contribution in [1.29, 1.82) is 0 Å². The molecule has 2 aliphatic rings. The molecule has 0 aromatic heterocycles. The number of rotatable bonds is 6. The van der Waals surface area contributed by atoms with E-state index < -0.39 is 27.6 Å². The van der Waals surface area contributed by atoms with E-state index in [2.05, 4.69) is 10.6 Å². The Labute approximate surface area is 249 Å². The van der Waals surface area contributed by atoms with Crippen LogP contribution in [-0.2, 0) is 14.8 Å². The summed E-state index contributed by atoms with van der Waals surface area (Å²) in [6.07, 6.45) is 5.98. The molecule has 218 valence electrons. The van der Waals surface area contributed by atoms with Gasteiger partial charge in [0, 0.05) is 36.0 Å². The summed E-state index contributed by atoms with van der Waals surface area (Å²) < 4.78 is 27.5. The summed E-state index contributed by atoms with van der Waals surface area (Å²) in [6.45, 7) is 0. The third kappa shape index (κ3) is 5.88. The van der Waals surface area contributed by atoms with Crippen molar-refractivity contribution in [3.05, 3.63) is 88.9 Å². The van der Waals surface area contributed by atoms with Gasteiger partial charge in [0.2, 0.25) is 5.66 Å². The Hall–Kier alpha value is -4.22.